The van der Waals surface area contributed by atoms with Crippen LogP contribution in [-0.4, -0.2) is 48.3 Å². The van der Waals surface area contributed by atoms with E-state index in [1.807, 2.05) is 6.07 Å². The topological polar surface area (TPSA) is 82.8 Å². The van der Waals surface area contributed by atoms with Crippen molar-refractivity contribution in [2.45, 2.75) is 36.6 Å². The Morgan fingerprint density at radius 3 is 2.63 bits per heavy atom. The van der Waals surface area contributed by atoms with Crippen molar-refractivity contribution in [3.8, 4) is 29.4 Å². The van der Waals surface area contributed by atoms with Crippen molar-refractivity contribution in [1.29, 1.82) is 5.26 Å². The van der Waals surface area contributed by atoms with Crippen LogP contribution in [0, 0.1) is 23.2 Å². The van der Waals surface area contributed by atoms with Gasteiger partial charge in [-0.25, -0.2) is 0 Å². The highest BCUT2D eigenvalue weighted by Gasteiger charge is 2.57. The Morgan fingerprint density at radius 1 is 1.30 bits per heavy atom. The molecule has 152 valence electrons. The third-order valence-corrected chi connectivity index (χ3v) is 6.21. The molecule has 1 aromatic carbocycles. The number of aromatic hydroxyl groups is 1. The Morgan fingerprint density at radius 2 is 2.07 bits per heavy atom. The molecule has 1 saturated carbocycles. The molecule has 0 spiro atoms. The van der Waals surface area contributed by atoms with Crippen molar-refractivity contribution < 1.29 is 19.4 Å². The number of hydrogen-bond donors (Lipinski definition) is 1. The maximum atomic E-state index is 12.8. The van der Waals surface area contributed by atoms with Crippen molar-refractivity contribution in [2.24, 2.45) is 0 Å². The molecule has 0 bridgehead atoms. The zero-order valence-corrected chi connectivity index (χ0v) is 16.8. The van der Waals surface area contributed by atoms with E-state index in [1.165, 1.54) is 7.11 Å². The molecule has 3 aliphatic rings. The molecule has 2 aliphatic carbocycles. The summed E-state index contributed by atoms with van der Waals surface area (Å²) in [7, 11) is 1.49. The van der Waals surface area contributed by atoms with Gasteiger partial charge in [0.2, 0.25) is 0 Å². The number of methoxy groups -OCH3 is 1. The Hall–Kier alpha value is -3.40. The monoisotopic (exact) mass is 402 g/mol. The molecule has 2 fully saturated rings. The van der Waals surface area contributed by atoms with Gasteiger partial charge in [0, 0.05) is 19.2 Å². The lowest BCUT2D eigenvalue weighted by Gasteiger charge is -2.40. The zero-order chi connectivity index (χ0) is 21.2. The highest BCUT2D eigenvalue weighted by atomic mass is 16.5. The molecule has 1 N–H and O–H groups in total. The fraction of sp³-hybridized carbons (Fsp3) is 0.417. The van der Waals surface area contributed by atoms with Crippen LogP contribution in [0.3, 0.4) is 0 Å². The molecule has 0 atom stereocenters. The van der Waals surface area contributed by atoms with E-state index in [9.17, 15) is 15.2 Å². The lowest BCUT2D eigenvalue weighted by Crippen LogP contribution is -2.51. The average molecular weight is 402 g/mol. The van der Waals surface area contributed by atoms with E-state index < -0.39 is 11.0 Å². The number of esters is 1. The number of phenols is 1. The van der Waals surface area contributed by atoms with Gasteiger partial charge in [-0.3, -0.25) is 9.69 Å². The van der Waals surface area contributed by atoms with Crippen LogP contribution in [0.1, 0.15) is 31.2 Å². The summed E-state index contributed by atoms with van der Waals surface area (Å²) < 4.78 is 10.6. The Labute approximate surface area is 175 Å². The second-order valence-corrected chi connectivity index (χ2v) is 7.84. The van der Waals surface area contributed by atoms with Crippen molar-refractivity contribution >= 4 is 5.97 Å². The number of likely N-dealkylation sites (tertiary alicyclic amines) is 1. The molecule has 1 saturated heterocycles. The number of allylic oxidation sites excluding steroid dienone is 1. The standard InChI is InChI=1S/C24H22N2O4/c1-29-21-8-7-19(15-20(21)27)23(17-25)11-13-26(14-12-23)24(9-10-24)22(28)30-16-18-5-3-2-4-6-18/h2,7-8,15,27H,9-14,16H2,1H3. The quantitative estimate of drug-likeness (QED) is 0.447. The van der Waals surface area contributed by atoms with Gasteiger partial charge in [-0.05, 0) is 43.4 Å². The van der Waals surface area contributed by atoms with Crippen LogP contribution in [0.4, 0.5) is 0 Å². The van der Waals surface area contributed by atoms with Crippen LogP contribution in [0.25, 0.3) is 0 Å². The SMILES string of the molecule is COc1ccc(C2(C#N)CCN(C3(C(=O)OCC4=C=C=CC#C4)CC3)CC2)cc1O. The number of hydrogen-bond acceptors (Lipinski definition) is 6. The average Bonchev–Trinajstić information content (AvgIpc) is 3.60. The Kier molecular flexibility index (Phi) is 5.17. The summed E-state index contributed by atoms with van der Waals surface area (Å²) >= 11 is 0. The van der Waals surface area contributed by atoms with Crippen LogP contribution in [0.2, 0.25) is 0 Å². The minimum Gasteiger partial charge on any atom is -0.504 e. The smallest absolute Gasteiger partial charge is 0.326 e. The number of nitriles is 1. The first kappa shape index (κ1) is 19.9. The van der Waals surface area contributed by atoms with E-state index >= 15 is 0 Å². The molecular formula is C24H22N2O4. The third kappa shape index (κ3) is 3.50. The highest BCUT2D eigenvalue weighted by molar-refractivity contribution is 5.84. The number of phenolic OH excluding ortho intramolecular Hbond substituents is 1. The lowest BCUT2D eigenvalue weighted by molar-refractivity contribution is -0.151. The molecule has 1 heterocycles. The number of carbonyl (C=O) groups is 1. The molecule has 1 aliphatic heterocycles. The van der Waals surface area contributed by atoms with Gasteiger partial charge in [0.25, 0.3) is 0 Å². The number of nitrogens with zero attached hydrogens (tertiary/aromatic N) is 2. The van der Waals surface area contributed by atoms with E-state index in [0.29, 0.717) is 37.3 Å². The lowest BCUT2D eigenvalue weighted by atomic mass is 9.73. The number of rotatable bonds is 6. The summed E-state index contributed by atoms with van der Waals surface area (Å²) in [5.41, 5.74) is 5.74. The normalized spacial score (nSPS) is 20.3. The predicted molar refractivity (Wildman–Crippen MR) is 109 cm³/mol. The first-order chi connectivity index (χ1) is 14.5. The van der Waals surface area contributed by atoms with E-state index in [2.05, 4.69) is 34.3 Å². The van der Waals surface area contributed by atoms with Gasteiger partial charge >= 0.3 is 5.97 Å². The molecule has 0 aromatic heterocycles. The van der Waals surface area contributed by atoms with Crippen LogP contribution in [0.15, 0.2) is 41.3 Å². The van der Waals surface area contributed by atoms with Gasteiger partial charge in [0.05, 0.1) is 24.2 Å². The number of benzene rings is 1. The molecular weight excluding hydrogens is 380 g/mol. The fourth-order valence-corrected chi connectivity index (χ4v) is 4.19. The van der Waals surface area contributed by atoms with Crippen LogP contribution < -0.4 is 4.74 Å². The summed E-state index contributed by atoms with van der Waals surface area (Å²) in [6.45, 7) is 1.33. The second kappa shape index (κ2) is 7.79. The first-order valence-corrected chi connectivity index (χ1v) is 9.95. The number of ether oxygens (including phenoxy) is 2. The van der Waals surface area contributed by atoms with Gasteiger partial charge in [-0.1, -0.05) is 29.4 Å². The van der Waals surface area contributed by atoms with Gasteiger partial charge in [0.15, 0.2) is 11.5 Å². The maximum absolute atomic E-state index is 12.8. The minimum atomic E-state index is -0.695. The van der Waals surface area contributed by atoms with E-state index in [4.69, 9.17) is 9.47 Å². The minimum absolute atomic E-state index is 0.0262. The second-order valence-electron chi connectivity index (χ2n) is 7.84. The largest absolute Gasteiger partial charge is 0.504 e. The number of carbonyl (C=O) groups excluding carboxylic acids is 1. The van der Waals surface area contributed by atoms with Gasteiger partial charge in [-0.2, -0.15) is 5.26 Å². The zero-order valence-electron chi connectivity index (χ0n) is 16.8. The Bertz CT molecular complexity index is 1080. The molecule has 6 heteroatoms. The van der Waals surface area contributed by atoms with E-state index in [-0.39, 0.29) is 18.3 Å². The van der Waals surface area contributed by atoms with Crippen molar-refractivity contribution in [3.05, 3.63) is 46.9 Å². The van der Waals surface area contributed by atoms with Crippen molar-refractivity contribution in [1.82, 2.24) is 4.90 Å². The van der Waals surface area contributed by atoms with Crippen molar-refractivity contribution in [3.63, 3.8) is 0 Å². The Balaban J connectivity index is 1.43. The molecule has 0 amide bonds. The first-order valence-electron chi connectivity index (χ1n) is 9.95. The van der Waals surface area contributed by atoms with Crippen LogP contribution in [0.5, 0.6) is 11.5 Å². The van der Waals surface area contributed by atoms with E-state index in [0.717, 1.165) is 18.4 Å². The van der Waals surface area contributed by atoms with Gasteiger partial charge < -0.3 is 14.6 Å². The molecule has 1 aromatic rings. The van der Waals surface area contributed by atoms with Crippen molar-refractivity contribution in [2.75, 3.05) is 26.8 Å². The summed E-state index contributed by atoms with van der Waals surface area (Å²) in [6, 6.07) is 7.58. The van der Waals surface area contributed by atoms with Crippen LogP contribution >= 0.6 is 0 Å². The molecule has 6 nitrogen and oxygen atoms in total. The maximum Gasteiger partial charge on any atom is 0.326 e. The molecule has 30 heavy (non-hydrogen) atoms. The van der Waals surface area contributed by atoms with Gasteiger partial charge in [-0.15, -0.1) is 0 Å². The number of piperidine rings is 1. The summed E-state index contributed by atoms with van der Waals surface area (Å²) in [6.07, 6.45) is 4.25. The molecule has 0 unspecified atom stereocenters. The predicted octanol–water partition coefficient (Wildman–Crippen LogP) is 2.59. The van der Waals surface area contributed by atoms with E-state index in [1.54, 1.807) is 18.2 Å². The third-order valence-electron chi connectivity index (χ3n) is 6.21. The van der Waals surface area contributed by atoms with Gasteiger partial charge in [0.1, 0.15) is 12.1 Å². The summed E-state index contributed by atoms with van der Waals surface area (Å²) in [5, 5.41) is 20.1. The molecule has 0 radical (unpaired) electrons. The summed E-state index contributed by atoms with van der Waals surface area (Å²) in [4.78, 5) is 14.9. The highest BCUT2D eigenvalue weighted by Crippen LogP contribution is 2.47. The fourth-order valence-electron chi connectivity index (χ4n) is 4.19. The molecule has 4 rings (SSSR count). The van der Waals surface area contributed by atoms with Crippen LogP contribution in [-0.2, 0) is 14.9 Å². The summed E-state index contributed by atoms with van der Waals surface area (Å²) in [5.74, 6) is 5.80.